The molecule has 1 heterocycles. The normalized spacial score (nSPS) is 10.6. The van der Waals surface area contributed by atoms with Gasteiger partial charge in [-0.3, -0.25) is 0 Å². The molecule has 0 bridgehead atoms. The maximum atomic E-state index is 4.53. The lowest BCUT2D eigenvalue weighted by Crippen LogP contribution is -2.12. The fourth-order valence-electron chi connectivity index (χ4n) is 2.20. The van der Waals surface area contributed by atoms with Gasteiger partial charge in [-0.15, -0.1) is 5.10 Å². The van der Waals surface area contributed by atoms with Crippen molar-refractivity contribution in [3.63, 3.8) is 0 Å². The highest BCUT2D eigenvalue weighted by Crippen LogP contribution is 2.08. The van der Waals surface area contributed by atoms with Crippen molar-refractivity contribution in [1.29, 1.82) is 0 Å². The SMILES string of the molecule is CCc1nnc(NCCc2cccc(C)c2)nc1CC. The van der Waals surface area contributed by atoms with Crippen LogP contribution in [0.15, 0.2) is 24.3 Å². The first-order chi connectivity index (χ1) is 9.72. The summed E-state index contributed by atoms with van der Waals surface area (Å²) >= 11 is 0. The minimum absolute atomic E-state index is 0.631. The van der Waals surface area contributed by atoms with Crippen LogP contribution in [0, 0.1) is 6.92 Å². The van der Waals surface area contributed by atoms with Crippen LogP contribution in [-0.2, 0) is 19.3 Å². The zero-order chi connectivity index (χ0) is 14.4. The van der Waals surface area contributed by atoms with Crippen molar-refractivity contribution in [3.8, 4) is 0 Å². The van der Waals surface area contributed by atoms with E-state index in [-0.39, 0.29) is 0 Å². The molecule has 0 aliphatic rings. The molecule has 20 heavy (non-hydrogen) atoms. The second-order valence-electron chi connectivity index (χ2n) is 4.90. The maximum Gasteiger partial charge on any atom is 0.242 e. The van der Waals surface area contributed by atoms with Gasteiger partial charge in [0.05, 0.1) is 11.4 Å². The number of nitrogens with one attached hydrogen (secondary N) is 1. The first-order valence-electron chi connectivity index (χ1n) is 7.24. The van der Waals surface area contributed by atoms with Crippen molar-refractivity contribution in [3.05, 3.63) is 46.8 Å². The number of anilines is 1. The van der Waals surface area contributed by atoms with Crippen LogP contribution in [-0.4, -0.2) is 21.7 Å². The first kappa shape index (κ1) is 14.4. The molecule has 1 N–H and O–H groups in total. The maximum absolute atomic E-state index is 4.53. The average Bonchev–Trinajstić information content (AvgIpc) is 2.47. The van der Waals surface area contributed by atoms with E-state index < -0.39 is 0 Å². The van der Waals surface area contributed by atoms with Gasteiger partial charge in [-0.1, -0.05) is 43.7 Å². The Balaban J connectivity index is 1.94. The number of hydrogen-bond acceptors (Lipinski definition) is 4. The quantitative estimate of drug-likeness (QED) is 0.876. The Morgan fingerprint density at radius 2 is 1.85 bits per heavy atom. The Hall–Kier alpha value is -1.97. The van der Waals surface area contributed by atoms with E-state index in [1.165, 1.54) is 11.1 Å². The van der Waals surface area contributed by atoms with Gasteiger partial charge >= 0.3 is 0 Å². The molecule has 0 radical (unpaired) electrons. The minimum atomic E-state index is 0.631. The molecule has 0 amide bonds. The molecule has 0 atom stereocenters. The smallest absolute Gasteiger partial charge is 0.242 e. The second kappa shape index (κ2) is 6.98. The van der Waals surface area contributed by atoms with E-state index >= 15 is 0 Å². The highest BCUT2D eigenvalue weighted by atomic mass is 15.2. The van der Waals surface area contributed by atoms with E-state index in [0.717, 1.165) is 37.2 Å². The van der Waals surface area contributed by atoms with E-state index in [1.807, 2.05) is 0 Å². The molecule has 106 valence electrons. The minimum Gasteiger partial charge on any atom is -0.353 e. The zero-order valence-electron chi connectivity index (χ0n) is 12.5. The molecule has 0 spiro atoms. The average molecular weight is 270 g/mol. The van der Waals surface area contributed by atoms with Crippen molar-refractivity contribution in [2.75, 3.05) is 11.9 Å². The summed E-state index contributed by atoms with van der Waals surface area (Å²) in [6.45, 7) is 7.11. The fraction of sp³-hybridized carbons (Fsp3) is 0.438. The zero-order valence-corrected chi connectivity index (χ0v) is 12.5. The summed E-state index contributed by atoms with van der Waals surface area (Å²) in [7, 11) is 0. The third-order valence-electron chi connectivity index (χ3n) is 3.29. The molecule has 2 aromatic rings. The Morgan fingerprint density at radius 1 is 1.05 bits per heavy atom. The highest BCUT2D eigenvalue weighted by Gasteiger charge is 2.05. The van der Waals surface area contributed by atoms with Crippen molar-refractivity contribution >= 4 is 5.95 Å². The van der Waals surface area contributed by atoms with Crippen LogP contribution in [0.2, 0.25) is 0 Å². The number of aromatic nitrogens is 3. The van der Waals surface area contributed by atoms with Gasteiger partial charge in [-0.25, -0.2) is 4.98 Å². The van der Waals surface area contributed by atoms with Crippen LogP contribution < -0.4 is 5.32 Å². The molecule has 0 fully saturated rings. The first-order valence-corrected chi connectivity index (χ1v) is 7.24. The summed E-state index contributed by atoms with van der Waals surface area (Å²) in [6.07, 6.45) is 2.74. The third kappa shape index (κ3) is 3.76. The van der Waals surface area contributed by atoms with E-state index in [1.54, 1.807) is 0 Å². The lowest BCUT2D eigenvalue weighted by atomic mass is 10.1. The summed E-state index contributed by atoms with van der Waals surface area (Å²) < 4.78 is 0. The molecule has 0 aliphatic heterocycles. The van der Waals surface area contributed by atoms with Crippen LogP contribution in [0.4, 0.5) is 5.95 Å². The van der Waals surface area contributed by atoms with Crippen LogP contribution in [0.3, 0.4) is 0 Å². The summed E-state index contributed by atoms with van der Waals surface area (Å²) in [5.41, 5.74) is 4.66. The van der Waals surface area contributed by atoms with E-state index in [4.69, 9.17) is 0 Å². The molecule has 1 aromatic carbocycles. The van der Waals surface area contributed by atoms with Gasteiger partial charge in [-0.05, 0) is 31.7 Å². The Morgan fingerprint density at radius 3 is 2.55 bits per heavy atom. The van der Waals surface area contributed by atoms with Crippen molar-refractivity contribution in [2.24, 2.45) is 0 Å². The Labute approximate surface area is 120 Å². The summed E-state index contributed by atoms with van der Waals surface area (Å²) in [5, 5.41) is 11.6. The van der Waals surface area contributed by atoms with Gasteiger partial charge in [0.15, 0.2) is 0 Å². The van der Waals surface area contributed by atoms with Crippen molar-refractivity contribution < 1.29 is 0 Å². The molecule has 2 rings (SSSR count). The predicted octanol–water partition coefficient (Wildman–Crippen LogP) is 2.96. The molecule has 1 aromatic heterocycles. The summed E-state index contributed by atoms with van der Waals surface area (Å²) in [6, 6.07) is 8.55. The third-order valence-corrected chi connectivity index (χ3v) is 3.29. The van der Waals surface area contributed by atoms with E-state index in [0.29, 0.717) is 5.95 Å². The Kier molecular flexibility index (Phi) is 5.04. The van der Waals surface area contributed by atoms with Gasteiger partial charge in [0.2, 0.25) is 5.95 Å². The fourth-order valence-corrected chi connectivity index (χ4v) is 2.20. The van der Waals surface area contributed by atoms with E-state index in [9.17, 15) is 0 Å². The van der Waals surface area contributed by atoms with Gasteiger partial charge in [0, 0.05) is 6.54 Å². The lowest BCUT2D eigenvalue weighted by molar-refractivity contribution is 0.817. The van der Waals surface area contributed by atoms with Crippen LogP contribution in [0.25, 0.3) is 0 Å². The summed E-state index contributed by atoms with van der Waals surface area (Å²) in [5.74, 6) is 0.631. The molecule has 4 heteroatoms. The van der Waals surface area contributed by atoms with Crippen molar-refractivity contribution in [2.45, 2.75) is 40.0 Å². The summed E-state index contributed by atoms with van der Waals surface area (Å²) in [4.78, 5) is 4.53. The molecule has 0 aliphatic carbocycles. The molecular weight excluding hydrogens is 248 g/mol. The predicted molar refractivity (Wildman–Crippen MR) is 82.0 cm³/mol. The van der Waals surface area contributed by atoms with Crippen LogP contribution in [0.5, 0.6) is 0 Å². The molecule has 0 saturated carbocycles. The van der Waals surface area contributed by atoms with Crippen LogP contribution in [0.1, 0.15) is 36.4 Å². The van der Waals surface area contributed by atoms with Gasteiger partial charge < -0.3 is 5.32 Å². The lowest BCUT2D eigenvalue weighted by Gasteiger charge is -2.08. The van der Waals surface area contributed by atoms with Gasteiger partial charge in [0.25, 0.3) is 0 Å². The van der Waals surface area contributed by atoms with Gasteiger partial charge in [-0.2, -0.15) is 5.10 Å². The topological polar surface area (TPSA) is 50.7 Å². The second-order valence-corrected chi connectivity index (χ2v) is 4.90. The van der Waals surface area contributed by atoms with Crippen molar-refractivity contribution in [1.82, 2.24) is 15.2 Å². The van der Waals surface area contributed by atoms with Crippen LogP contribution >= 0.6 is 0 Å². The monoisotopic (exact) mass is 270 g/mol. The Bertz CT molecular complexity index is 566. The molecular formula is C16H22N4. The number of nitrogens with zero attached hydrogens (tertiary/aromatic N) is 3. The molecule has 0 saturated heterocycles. The molecule has 0 unspecified atom stereocenters. The number of hydrogen-bond donors (Lipinski definition) is 1. The number of benzene rings is 1. The number of aryl methyl sites for hydroxylation is 3. The molecule has 4 nitrogen and oxygen atoms in total. The van der Waals surface area contributed by atoms with Gasteiger partial charge in [0.1, 0.15) is 0 Å². The largest absolute Gasteiger partial charge is 0.353 e. The highest BCUT2D eigenvalue weighted by molar-refractivity contribution is 5.27. The van der Waals surface area contributed by atoms with E-state index in [2.05, 4.69) is 65.5 Å². The number of rotatable bonds is 6. The standard InChI is InChI=1S/C16H22N4/c1-4-14-15(5-2)19-20-16(18-14)17-10-9-13-8-6-7-12(3)11-13/h6-8,11H,4-5,9-10H2,1-3H3,(H,17,18,20).